The number of benzene rings is 1. The molecule has 5 rings (SSSR count). The van der Waals surface area contributed by atoms with Gasteiger partial charge in [0.2, 0.25) is 11.5 Å². The van der Waals surface area contributed by atoms with E-state index in [-0.39, 0.29) is 29.5 Å². The van der Waals surface area contributed by atoms with E-state index in [0.29, 0.717) is 12.0 Å². The Kier molecular flexibility index (Phi) is 5.16. The number of nitrogens with one attached hydrogen (secondary N) is 1. The maximum Gasteiger partial charge on any atom is 0.255 e. The van der Waals surface area contributed by atoms with Crippen LogP contribution in [0.25, 0.3) is 0 Å². The second kappa shape index (κ2) is 7.98. The summed E-state index contributed by atoms with van der Waals surface area (Å²) in [7, 11) is 0. The van der Waals surface area contributed by atoms with E-state index in [0.717, 1.165) is 50.8 Å². The van der Waals surface area contributed by atoms with Crippen LogP contribution in [0.1, 0.15) is 54.4 Å². The van der Waals surface area contributed by atoms with Gasteiger partial charge in [-0.05, 0) is 56.6 Å². The Morgan fingerprint density at radius 2 is 1.77 bits per heavy atom. The lowest BCUT2D eigenvalue weighted by Crippen LogP contribution is -2.53. The predicted octanol–water partition coefficient (Wildman–Crippen LogP) is 2.99. The molecule has 1 aromatic carbocycles. The number of fused-ring (bicyclic) bond motifs is 2. The van der Waals surface area contributed by atoms with Crippen LogP contribution < -0.4 is 5.56 Å². The molecule has 0 spiro atoms. The van der Waals surface area contributed by atoms with Crippen molar-refractivity contribution in [3.8, 4) is 0 Å². The van der Waals surface area contributed by atoms with Gasteiger partial charge in [-0.15, -0.1) is 0 Å². The van der Waals surface area contributed by atoms with Gasteiger partial charge in [0, 0.05) is 37.4 Å². The summed E-state index contributed by atoms with van der Waals surface area (Å²) in [5, 5.41) is 0. The van der Waals surface area contributed by atoms with Crippen molar-refractivity contribution in [1.29, 1.82) is 0 Å². The first-order valence-corrected chi connectivity index (χ1v) is 11.4. The minimum Gasteiger partial charge on any atom is -0.342 e. The SMILES string of the molecule is O=C(c1ccc(=O)[nH]c1)N1[C@@H]2CC[C@H]1[C@@](Cc1ccccc1)(C(=O)N1CCCCC1)C2. The number of nitrogens with zero attached hydrogens (tertiary/aromatic N) is 2. The Bertz CT molecular complexity index is 1010. The molecule has 1 N–H and O–H groups in total. The number of hydrogen-bond donors (Lipinski definition) is 1. The highest BCUT2D eigenvalue weighted by Crippen LogP contribution is 2.53. The second-order valence-electron chi connectivity index (χ2n) is 9.28. The number of aromatic nitrogens is 1. The van der Waals surface area contributed by atoms with Gasteiger partial charge in [0.1, 0.15) is 0 Å². The van der Waals surface area contributed by atoms with Gasteiger partial charge in [0.15, 0.2) is 0 Å². The van der Waals surface area contributed by atoms with Crippen molar-refractivity contribution in [3.05, 3.63) is 70.1 Å². The first-order valence-electron chi connectivity index (χ1n) is 11.4. The predicted molar refractivity (Wildman–Crippen MR) is 118 cm³/mol. The van der Waals surface area contributed by atoms with Crippen LogP contribution in [0.15, 0.2) is 53.5 Å². The first-order chi connectivity index (χ1) is 15.1. The number of aromatic amines is 1. The third kappa shape index (κ3) is 3.48. The summed E-state index contributed by atoms with van der Waals surface area (Å²) in [6.45, 7) is 1.64. The van der Waals surface area contributed by atoms with Crippen LogP contribution in [-0.2, 0) is 11.2 Å². The number of amides is 2. The summed E-state index contributed by atoms with van der Waals surface area (Å²) >= 11 is 0. The molecule has 0 aliphatic carbocycles. The molecule has 0 radical (unpaired) electrons. The molecule has 162 valence electrons. The monoisotopic (exact) mass is 419 g/mol. The quantitative estimate of drug-likeness (QED) is 0.828. The minimum atomic E-state index is -0.570. The average Bonchev–Trinajstić information content (AvgIpc) is 3.36. The van der Waals surface area contributed by atoms with E-state index in [1.54, 1.807) is 6.07 Å². The van der Waals surface area contributed by atoms with Gasteiger partial charge >= 0.3 is 0 Å². The van der Waals surface area contributed by atoms with Crippen LogP contribution in [0, 0.1) is 5.41 Å². The highest BCUT2D eigenvalue weighted by Gasteiger charge is 2.61. The molecule has 31 heavy (non-hydrogen) atoms. The molecule has 0 unspecified atom stereocenters. The fraction of sp³-hybridized carbons (Fsp3) is 0.480. The molecule has 3 atom stereocenters. The second-order valence-corrected chi connectivity index (χ2v) is 9.28. The largest absolute Gasteiger partial charge is 0.342 e. The molecule has 3 fully saturated rings. The Balaban J connectivity index is 1.50. The van der Waals surface area contributed by atoms with Crippen LogP contribution in [-0.4, -0.2) is 51.8 Å². The maximum atomic E-state index is 14.0. The van der Waals surface area contributed by atoms with E-state index >= 15 is 0 Å². The lowest BCUT2D eigenvalue weighted by molar-refractivity contribution is -0.145. The molecule has 6 nitrogen and oxygen atoms in total. The zero-order valence-corrected chi connectivity index (χ0v) is 17.8. The van der Waals surface area contributed by atoms with Gasteiger partial charge in [-0.25, -0.2) is 0 Å². The summed E-state index contributed by atoms with van der Waals surface area (Å²) in [6, 6.07) is 13.2. The van der Waals surface area contributed by atoms with E-state index < -0.39 is 5.41 Å². The van der Waals surface area contributed by atoms with Crippen LogP contribution in [0.2, 0.25) is 0 Å². The lowest BCUT2D eigenvalue weighted by Gasteiger charge is -2.41. The molecular weight excluding hydrogens is 390 g/mol. The van der Waals surface area contributed by atoms with Gasteiger partial charge in [-0.1, -0.05) is 30.3 Å². The minimum absolute atomic E-state index is 0.0712. The van der Waals surface area contributed by atoms with Gasteiger partial charge < -0.3 is 14.8 Å². The maximum absolute atomic E-state index is 14.0. The average molecular weight is 420 g/mol. The lowest BCUT2D eigenvalue weighted by atomic mass is 9.68. The van der Waals surface area contributed by atoms with E-state index in [1.165, 1.54) is 18.7 Å². The number of piperidine rings is 1. The van der Waals surface area contributed by atoms with Crippen LogP contribution in [0.4, 0.5) is 0 Å². The van der Waals surface area contributed by atoms with Crippen LogP contribution in [0.5, 0.6) is 0 Å². The number of H-pyrrole nitrogens is 1. The van der Waals surface area contributed by atoms with Crippen molar-refractivity contribution >= 4 is 11.8 Å². The first kappa shape index (κ1) is 20.0. The van der Waals surface area contributed by atoms with Gasteiger partial charge in [0.25, 0.3) is 5.91 Å². The Labute approximate surface area is 182 Å². The zero-order chi connectivity index (χ0) is 21.4. The van der Waals surface area contributed by atoms with Gasteiger partial charge in [0.05, 0.1) is 11.0 Å². The van der Waals surface area contributed by atoms with Gasteiger partial charge in [-0.3, -0.25) is 14.4 Å². The van der Waals surface area contributed by atoms with Crippen LogP contribution in [0.3, 0.4) is 0 Å². The fourth-order valence-corrected chi connectivity index (χ4v) is 6.05. The molecule has 0 saturated carbocycles. The summed E-state index contributed by atoms with van der Waals surface area (Å²) in [5.74, 6) is 0.146. The number of carbonyl (C=O) groups is 2. The summed E-state index contributed by atoms with van der Waals surface area (Å²) in [4.78, 5) is 45.5. The topological polar surface area (TPSA) is 73.5 Å². The molecule has 3 aliphatic heterocycles. The normalized spacial score (nSPS) is 27.5. The van der Waals surface area contributed by atoms with Crippen molar-refractivity contribution in [2.24, 2.45) is 5.41 Å². The molecule has 3 aliphatic rings. The molecule has 6 heteroatoms. The van der Waals surface area contributed by atoms with Crippen LogP contribution >= 0.6 is 0 Å². The Morgan fingerprint density at radius 1 is 1.00 bits per heavy atom. The van der Waals surface area contributed by atoms with E-state index in [2.05, 4.69) is 22.0 Å². The molecule has 2 aromatic rings. The summed E-state index contributed by atoms with van der Waals surface area (Å²) in [6.07, 6.45) is 7.96. The fourth-order valence-electron chi connectivity index (χ4n) is 6.05. The molecule has 1 aromatic heterocycles. The number of carbonyl (C=O) groups excluding carboxylic acids is 2. The standard InChI is InChI=1S/C25H29N3O3/c29-22-12-9-19(17-26-22)23(30)28-20-10-11-21(28)25(16-20,15-18-7-3-1-4-8-18)24(31)27-13-5-2-6-14-27/h1,3-4,7-9,12,17,20-21H,2,5-6,10-11,13-16H2,(H,26,29)/t20-,21+,25+/m1/s1. The Hall–Kier alpha value is -2.89. The zero-order valence-electron chi connectivity index (χ0n) is 17.8. The van der Waals surface area contributed by atoms with Crippen molar-refractivity contribution in [3.63, 3.8) is 0 Å². The van der Waals surface area contributed by atoms with Crippen molar-refractivity contribution in [2.75, 3.05) is 13.1 Å². The van der Waals surface area contributed by atoms with E-state index in [1.807, 2.05) is 23.1 Å². The Morgan fingerprint density at radius 3 is 2.48 bits per heavy atom. The number of likely N-dealkylation sites (tertiary alicyclic amines) is 1. The summed E-state index contributed by atoms with van der Waals surface area (Å²) < 4.78 is 0. The number of rotatable bonds is 4. The van der Waals surface area contributed by atoms with Crippen molar-refractivity contribution in [2.45, 2.75) is 57.0 Å². The molecule has 4 heterocycles. The van der Waals surface area contributed by atoms with Crippen molar-refractivity contribution in [1.82, 2.24) is 14.8 Å². The molecule has 3 saturated heterocycles. The van der Waals surface area contributed by atoms with Gasteiger partial charge in [-0.2, -0.15) is 0 Å². The van der Waals surface area contributed by atoms with E-state index in [4.69, 9.17) is 0 Å². The van der Waals surface area contributed by atoms with E-state index in [9.17, 15) is 14.4 Å². The van der Waals surface area contributed by atoms with Crippen molar-refractivity contribution < 1.29 is 9.59 Å². The molecule has 2 amide bonds. The smallest absolute Gasteiger partial charge is 0.255 e. The summed E-state index contributed by atoms with van der Waals surface area (Å²) in [5.41, 5.74) is 0.841. The number of hydrogen-bond acceptors (Lipinski definition) is 3. The third-order valence-corrected chi connectivity index (χ3v) is 7.44. The third-order valence-electron chi connectivity index (χ3n) is 7.44. The molecule has 2 bridgehead atoms. The highest BCUT2D eigenvalue weighted by molar-refractivity contribution is 5.96. The number of pyridine rings is 1. The highest BCUT2D eigenvalue weighted by atomic mass is 16.2. The molecular formula is C25H29N3O3.